The lowest BCUT2D eigenvalue weighted by Gasteiger charge is -2.55. The fourth-order valence-electron chi connectivity index (χ4n) is 6.52. The van der Waals surface area contributed by atoms with E-state index in [1.54, 1.807) is 18.3 Å². The van der Waals surface area contributed by atoms with E-state index in [1.807, 2.05) is 4.90 Å². The van der Waals surface area contributed by atoms with E-state index < -0.39 is 0 Å². The van der Waals surface area contributed by atoms with Gasteiger partial charge in [0.1, 0.15) is 5.01 Å². The summed E-state index contributed by atoms with van der Waals surface area (Å²) in [5, 5.41) is 13.7. The number of rotatable bonds is 3. The Morgan fingerprint density at radius 1 is 1.04 bits per heavy atom. The van der Waals surface area contributed by atoms with Crippen LogP contribution in [0.5, 0.6) is 0 Å². The monoisotopic (exact) mass is 388 g/mol. The first-order valence-corrected chi connectivity index (χ1v) is 11.2. The predicted octanol–water partition coefficient (Wildman–Crippen LogP) is 3.20. The van der Waals surface area contributed by atoms with Gasteiger partial charge in [0.05, 0.1) is 0 Å². The quantitative estimate of drug-likeness (QED) is 0.863. The summed E-state index contributed by atoms with van der Waals surface area (Å²) in [7, 11) is 0. The average molecular weight is 389 g/mol. The molecular weight excluding hydrogens is 360 g/mol. The van der Waals surface area contributed by atoms with Crippen LogP contribution in [0.1, 0.15) is 63.3 Å². The first-order chi connectivity index (χ1) is 13.0. The van der Waals surface area contributed by atoms with Crippen LogP contribution in [-0.4, -0.2) is 40.0 Å². The van der Waals surface area contributed by atoms with Gasteiger partial charge in [0.15, 0.2) is 0 Å². The van der Waals surface area contributed by atoms with Gasteiger partial charge in [0.25, 0.3) is 0 Å². The Morgan fingerprint density at radius 2 is 1.63 bits per heavy atom. The molecule has 0 atom stereocenters. The number of carbonyl (C=O) groups is 2. The fraction of sp³-hybridized carbons (Fsp3) is 0.800. The smallest absolute Gasteiger partial charge is 0.229 e. The minimum absolute atomic E-state index is 0.0337. The molecule has 6 nitrogen and oxygen atoms in total. The minimum Gasteiger partial charge on any atom is -0.343 e. The maximum Gasteiger partial charge on any atom is 0.229 e. The number of carbonyl (C=O) groups excluding carboxylic acids is 2. The normalized spacial score (nSPS) is 35.4. The van der Waals surface area contributed by atoms with Gasteiger partial charge in [-0.15, -0.1) is 10.2 Å². The van der Waals surface area contributed by atoms with Crippen molar-refractivity contribution in [3.05, 3.63) is 5.01 Å². The van der Waals surface area contributed by atoms with E-state index in [4.69, 9.17) is 0 Å². The van der Waals surface area contributed by atoms with Crippen LogP contribution in [0.3, 0.4) is 0 Å². The molecule has 5 aliphatic rings. The maximum absolute atomic E-state index is 12.6. The Hall–Kier alpha value is -1.50. The Kier molecular flexibility index (Phi) is 4.26. The first kappa shape index (κ1) is 17.6. The van der Waals surface area contributed by atoms with Crippen molar-refractivity contribution in [3.63, 3.8) is 0 Å². The van der Waals surface area contributed by atoms with E-state index in [0.29, 0.717) is 18.2 Å². The molecule has 2 amide bonds. The zero-order chi connectivity index (χ0) is 18.6. The van der Waals surface area contributed by atoms with Crippen LogP contribution >= 0.6 is 11.3 Å². The number of nitrogens with zero attached hydrogens (tertiary/aromatic N) is 3. The molecule has 1 aromatic rings. The number of hydrogen-bond donors (Lipinski definition) is 1. The number of nitrogens with one attached hydrogen (secondary N) is 1. The summed E-state index contributed by atoms with van der Waals surface area (Å²) < 4.78 is 0. The molecule has 0 unspecified atom stereocenters. The highest BCUT2D eigenvalue weighted by atomic mass is 32.1. The summed E-state index contributed by atoms with van der Waals surface area (Å²) >= 11 is 1.60. The number of hydrogen-bond acceptors (Lipinski definition) is 5. The number of likely N-dealkylation sites (tertiary alicyclic amines) is 1. The molecular formula is C20H28N4O2S. The molecule has 2 heterocycles. The van der Waals surface area contributed by atoms with Crippen molar-refractivity contribution in [3.8, 4) is 0 Å². The summed E-state index contributed by atoms with van der Waals surface area (Å²) in [6.45, 7) is 2.93. The van der Waals surface area contributed by atoms with Crippen LogP contribution in [0, 0.1) is 23.7 Å². The van der Waals surface area contributed by atoms with Crippen LogP contribution in [0.25, 0.3) is 0 Å². The second kappa shape index (κ2) is 6.54. The summed E-state index contributed by atoms with van der Waals surface area (Å²) in [4.78, 5) is 25.9. The third-order valence-electron chi connectivity index (χ3n) is 7.46. The van der Waals surface area contributed by atoms with E-state index in [-0.39, 0.29) is 23.1 Å². The molecule has 146 valence electrons. The van der Waals surface area contributed by atoms with Gasteiger partial charge in [-0.2, -0.15) is 0 Å². The molecule has 4 saturated carbocycles. The van der Waals surface area contributed by atoms with E-state index in [1.165, 1.54) is 38.5 Å². The van der Waals surface area contributed by atoms with Crippen molar-refractivity contribution in [2.45, 2.75) is 63.7 Å². The lowest BCUT2D eigenvalue weighted by Crippen LogP contribution is -2.48. The van der Waals surface area contributed by atoms with E-state index in [9.17, 15) is 9.59 Å². The number of anilines is 1. The highest BCUT2D eigenvalue weighted by Crippen LogP contribution is 2.61. The third kappa shape index (κ3) is 3.18. The number of piperidine rings is 1. The van der Waals surface area contributed by atoms with Crippen molar-refractivity contribution in [2.24, 2.45) is 23.7 Å². The van der Waals surface area contributed by atoms with Gasteiger partial charge >= 0.3 is 0 Å². The van der Waals surface area contributed by atoms with Gasteiger partial charge in [-0.05, 0) is 69.1 Å². The lowest BCUT2D eigenvalue weighted by molar-refractivity contribution is -0.132. The van der Waals surface area contributed by atoms with Gasteiger partial charge in [0, 0.05) is 31.3 Å². The van der Waals surface area contributed by atoms with Gasteiger partial charge in [-0.3, -0.25) is 9.59 Å². The molecule has 1 N–H and O–H groups in total. The van der Waals surface area contributed by atoms with E-state index in [0.717, 1.165) is 35.6 Å². The standard InChI is InChI=1S/C20H28N4O2S/c1-12(25)24-4-2-16(3-5-24)17(26)21-19-23-22-18(27-19)20-9-13-6-14(10-20)8-15(7-13)11-20/h13-16H,2-11H2,1H3,(H,21,23,26). The number of amides is 2. The van der Waals surface area contributed by atoms with Crippen molar-refractivity contribution >= 4 is 28.3 Å². The second-order valence-electron chi connectivity index (χ2n) is 9.38. The molecule has 0 radical (unpaired) electrons. The van der Waals surface area contributed by atoms with Crippen LogP contribution in [0.2, 0.25) is 0 Å². The molecule has 5 fully saturated rings. The first-order valence-electron chi connectivity index (χ1n) is 10.4. The highest BCUT2D eigenvalue weighted by molar-refractivity contribution is 7.15. The van der Waals surface area contributed by atoms with Gasteiger partial charge in [-0.1, -0.05) is 11.3 Å². The molecule has 1 aromatic heterocycles. The van der Waals surface area contributed by atoms with Crippen molar-refractivity contribution in [1.82, 2.24) is 15.1 Å². The van der Waals surface area contributed by atoms with E-state index in [2.05, 4.69) is 15.5 Å². The van der Waals surface area contributed by atoms with Gasteiger partial charge in [0.2, 0.25) is 16.9 Å². The number of aromatic nitrogens is 2. The molecule has 0 aromatic carbocycles. The Morgan fingerprint density at radius 3 is 2.19 bits per heavy atom. The molecule has 6 rings (SSSR count). The highest BCUT2D eigenvalue weighted by Gasteiger charge is 2.53. The zero-order valence-electron chi connectivity index (χ0n) is 15.9. The van der Waals surface area contributed by atoms with Crippen LogP contribution in [0.4, 0.5) is 5.13 Å². The minimum atomic E-state index is -0.0347. The SMILES string of the molecule is CC(=O)N1CCC(C(=O)Nc2nnc(C34CC5CC(CC(C5)C3)C4)s2)CC1. The third-order valence-corrected chi connectivity index (χ3v) is 8.54. The zero-order valence-corrected chi connectivity index (χ0v) is 16.8. The summed E-state index contributed by atoms with van der Waals surface area (Å²) in [5.74, 6) is 2.73. The Balaban J connectivity index is 1.24. The van der Waals surface area contributed by atoms with Crippen molar-refractivity contribution < 1.29 is 9.59 Å². The van der Waals surface area contributed by atoms with Gasteiger partial charge < -0.3 is 10.2 Å². The van der Waals surface area contributed by atoms with E-state index >= 15 is 0 Å². The predicted molar refractivity (Wildman–Crippen MR) is 103 cm³/mol. The van der Waals surface area contributed by atoms with Crippen molar-refractivity contribution in [2.75, 3.05) is 18.4 Å². The molecule has 4 aliphatic carbocycles. The molecule has 1 aliphatic heterocycles. The molecule has 4 bridgehead atoms. The topological polar surface area (TPSA) is 75.2 Å². The fourth-order valence-corrected chi connectivity index (χ4v) is 7.49. The average Bonchev–Trinajstić information content (AvgIpc) is 3.10. The summed E-state index contributed by atoms with van der Waals surface area (Å²) in [6.07, 6.45) is 9.52. The Bertz CT molecular complexity index is 718. The summed E-state index contributed by atoms with van der Waals surface area (Å²) in [6, 6.07) is 0. The van der Waals surface area contributed by atoms with Crippen LogP contribution < -0.4 is 5.32 Å². The maximum atomic E-state index is 12.6. The second-order valence-corrected chi connectivity index (χ2v) is 10.4. The van der Waals surface area contributed by atoms with Crippen LogP contribution in [-0.2, 0) is 15.0 Å². The van der Waals surface area contributed by atoms with Gasteiger partial charge in [-0.25, -0.2) is 0 Å². The summed E-state index contributed by atoms with van der Waals surface area (Å²) in [5.41, 5.74) is 0.238. The van der Waals surface area contributed by atoms with Crippen molar-refractivity contribution in [1.29, 1.82) is 0 Å². The molecule has 7 heteroatoms. The molecule has 27 heavy (non-hydrogen) atoms. The Labute approximate surface area is 164 Å². The molecule has 0 spiro atoms. The lowest BCUT2D eigenvalue weighted by atomic mass is 9.50. The largest absolute Gasteiger partial charge is 0.343 e. The molecule has 1 saturated heterocycles. The van der Waals surface area contributed by atoms with Crippen LogP contribution in [0.15, 0.2) is 0 Å².